The van der Waals surface area contributed by atoms with Crippen molar-refractivity contribution < 1.29 is 4.92 Å². The van der Waals surface area contributed by atoms with Crippen LogP contribution in [0.4, 0.5) is 5.69 Å². The molecule has 0 bridgehead atoms. The maximum Gasteiger partial charge on any atom is 0.285 e. The zero-order chi connectivity index (χ0) is 16.8. The summed E-state index contributed by atoms with van der Waals surface area (Å²) in [5.74, 6) is 0. The van der Waals surface area contributed by atoms with Gasteiger partial charge in [-0.2, -0.15) is 0 Å². The summed E-state index contributed by atoms with van der Waals surface area (Å²) in [4.78, 5) is 12.8. The number of hydrogen-bond acceptors (Lipinski definition) is 2. The van der Waals surface area contributed by atoms with Gasteiger partial charge in [0.05, 0.1) is 15.7 Å². The number of fused-ring (bicyclic) bond motifs is 3. The Morgan fingerprint density at radius 3 is 1.96 bits per heavy atom. The molecule has 0 aliphatic rings. The van der Waals surface area contributed by atoms with E-state index in [1.54, 1.807) is 0 Å². The molecule has 118 valence electrons. The van der Waals surface area contributed by atoms with Gasteiger partial charge in [0.15, 0.2) is 4.90 Å². The van der Waals surface area contributed by atoms with Crippen molar-refractivity contribution in [2.24, 2.45) is 0 Å². The van der Waals surface area contributed by atoms with E-state index >= 15 is 0 Å². The third kappa shape index (κ3) is 2.14. The molecule has 3 nitrogen and oxygen atoms in total. The highest BCUT2D eigenvalue weighted by Crippen LogP contribution is 2.40. The number of rotatable bonds is 2. The minimum Gasteiger partial charge on any atom is -0.258 e. The second-order valence-electron chi connectivity index (χ2n) is 6.04. The summed E-state index contributed by atoms with van der Waals surface area (Å²) in [6.07, 6.45) is 4.34. The summed E-state index contributed by atoms with van der Waals surface area (Å²) in [7, 11) is -0.0151. The maximum absolute atomic E-state index is 11.9. The van der Waals surface area contributed by atoms with E-state index < -0.39 is 0 Å². The number of nitro groups is 1. The molecule has 0 atom stereocenters. The summed E-state index contributed by atoms with van der Waals surface area (Å²) in [5.41, 5.74) is 0.209. The van der Waals surface area contributed by atoms with Crippen LogP contribution >= 0.6 is 0 Å². The van der Waals surface area contributed by atoms with Gasteiger partial charge in [0.1, 0.15) is 12.5 Å². The van der Waals surface area contributed by atoms with Gasteiger partial charge in [0, 0.05) is 21.7 Å². The Morgan fingerprint density at radius 1 is 0.792 bits per heavy atom. The molecule has 0 fully saturated rings. The highest BCUT2D eigenvalue weighted by molar-refractivity contribution is 7.96. The van der Waals surface area contributed by atoms with Gasteiger partial charge < -0.3 is 0 Å². The second kappa shape index (κ2) is 5.49. The van der Waals surface area contributed by atoms with Gasteiger partial charge >= 0.3 is 0 Å². The van der Waals surface area contributed by atoms with Crippen LogP contribution in [0.1, 0.15) is 0 Å². The van der Waals surface area contributed by atoms with E-state index in [1.165, 1.54) is 10.3 Å². The third-order valence-electron chi connectivity index (χ3n) is 4.40. The van der Waals surface area contributed by atoms with Crippen molar-refractivity contribution in [1.82, 2.24) is 0 Å². The Bertz CT molecular complexity index is 1120. The van der Waals surface area contributed by atoms with Crippen LogP contribution in [-0.4, -0.2) is 17.4 Å². The van der Waals surface area contributed by atoms with Crippen LogP contribution in [0.2, 0.25) is 0 Å². The van der Waals surface area contributed by atoms with Crippen molar-refractivity contribution in [2.45, 2.75) is 4.90 Å². The van der Waals surface area contributed by atoms with Gasteiger partial charge in [-0.25, -0.2) is 0 Å². The van der Waals surface area contributed by atoms with E-state index in [1.807, 2.05) is 48.5 Å². The molecule has 0 saturated heterocycles. The Morgan fingerprint density at radius 2 is 1.33 bits per heavy atom. The van der Waals surface area contributed by atoms with E-state index in [0.29, 0.717) is 5.39 Å². The molecule has 4 aromatic rings. The molecule has 0 unspecified atom stereocenters. The van der Waals surface area contributed by atoms with Gasteiger partial charge in [-0.15, -0.1) is 0 Å². The van der Waals surface area contributed by atoms with E-state index in [4.69, 9.17) is 0 Å². The lowest BCUT2D eigenvalue weighted by Crippen LogP contribution is -2.00. The fraction of sp³-hybridized carbons (Fsp3) is 0.100. The molecule has 0 saturated carbocycles. The first-order chi connectivity index (χ1) is 11.6. The standard InChI is InChI=1S/C20H16NO2S/c1-24(2)20-16-10-6-4-8-14(16)11-17-18(20)12-13-7-3-5-9-15(13)19(17)21(22)23/h3-12H,1-2H3/q+1. The first-order valence-corrected chi connectivity index (χ1v) is 9.71. The SMILES string of the molecule is C[S+](C)c1c2ccccc2cc2c([N+](=O)[O-])c3ccccc3cc12. The van der Waals surface area contributed by atoms with Crippen molar-refractivity contribution >= 4 is 48.9 Å². The van der Waals surface area contributed by atoms with Crippen molar-refractivity contribution in [3.8, 4) is 0 Å². The van der Waals surface area contributed by atoms with Gasteiger partial charge in [0.2, 0.25) is 0 Å². The van der Waals surface area contributed by atoms with Crippen molar-refractivity contribution in [2.75, 3.05) is 12.5 Å². The molecule has 4 rings (SSSR count). The molecule has 0 radical (unpaired) electrons. The van der Waals surface area contributed by atoms with Crippen LogP contribution in [-0.2, 0) is 10.9 Å². The van der Waals surface area contributed by atoms with Crippen LogP contribution < -0.4 is 0 Å². The van der Waals surface area contributed by atoms with Crippen LogP contribution in [0, 0.1) is 10.1 Å². The van der Waals surface area contributed by atoms with Crippen molar-refractivity contribution in [3.63, 3.8) is 0 Å². The molecule has 4 heteroatoms. The quantitative estimate of drug-likeness (QED) is 0.216. The zero-order valence-electron chi connectivity index (χ0n) is 13.4. The lowest BCUT2D eigenvalue weighted by molar-refractivity contribution is -0.381. The largest absolute Gasteiger partial charge is 0.285 e. The molecule has 4 aromatic carbocycles. The molecule has 0 spiro atoms. The highest BCUT2D eigenvalue weighted by Gasteiger charge is 2.25. The lowest BCUT2D eigenvalue weighted by Gasteiger charge is -2.10. The molecule has 24 heavy (non-hydrogen) atoms. The first kappa shape index (κ1) is 15.0. The monoisotopic (exact) mass is 334 g/mol. The fourth-order valence-corrected chi connectivity index (χ4v) is 4.68. The van der Waals surface area contributed by atoms with Gasteiger partial charge in [-0.05, 0) is 35.0 Å². The molecule has 0 aromatic heterocycles. The molecular formula is C20H16NO2S+. The molecule has 0 aliphatic heterocycles. The van der Waals surface area contributed by atoms with E-state index in [2.05, 4.69) is 24.6 Å². The fourth-order valence-electron chi connectivity index (χ4n) is 3.45. The van der Waals surface area contributed by atoms with E-state index in [-0.39, 0.29) is 21.5 Å². The first-order valence-electron chi connectivity index (χ1n) is 7.67. The number of nitro benzene ring substituents is 1. The molecule has 0 heterocycles. The van der Waals surface area contributed by atoms with E-state index in [9.17, 15) is 10.1 Å². The lowest BCUT2D eigenvalue weighted by atomic mass is 9.97. The number of non-ortho nitro benzene ring substituents is 1. The second-order valence-corrected chi connectivity index (χ2v) is 8.08. The number of benzene rings is 4. The van der Waals surface area contributed by atoms with Crippen molar-refractivity contribution in [3.05, 3.63) is 70.8 Å². The summed E-state index contributed by atoms with van der Waals surface area (Å²) in [6.45, 7) is 0. The number of hydrogen-bond donors (Lipinski definition) is 0. The highest BCUT2D eigenvalue weighted by atomic mass is 32.2. The number of nitrogens with zero attached hydrogens (tertiary/aromatic N) is 1. The molecule has 0 N–H and O–H groups in total. The average Bonchev–Trinajstić information content (AvgIpc) is 2.56. The van der Waals surface area contributed by atoms with Gasteiger partial charge in [-0.3, -0.25) is 10.1 Å². The summed E-state index contributed by atoms with van der Waals surface area (Å²) in [5, 5.41) is 17.4. The van der Waals surface area contributed by atoms with Crippen LogP contribution in [0.3, 0.4) is 0 Å². The Kier molecular flexibility index (Phi) is 3.43. The zero-order valence-corrected chi connectivity index (χ0v) is 14.3. The van der Waals surface area contributed by atoms with Gasteiger partial charge in [-0.1, -0.05) is 36.4 Å². The molecular weight excluding hydrogens is 318 g/mol. The summed E-state index contributed by atoms with van der Waals surface area (Å²) >= 11 is 0. The molecule has 0 aliphatic carbocycles. The topological polar surface area (TPSA) is 43.1 Å². The van der Waals surface area contributed by atoms with Crippen LogP contribution in [0.5, 0.6) is 0 Å². The summed E-state index contributed by atoms with van der Waals surface area (Å²) < 4.78 is 0. The van der Waals surface area contributed by atoms with Gasteiger partial charge in [0.25, 0.3) is 5.69 Å². The molecule has 0 amide bonds. The Balaban J connectivity index is 2.34. The predicted octanol–water partition coefficient (Wildman–Crippen LogP) is 5.29. The average molecular weight is 334 g/mol. The summed E-state index contributed by atoms with van der Waals surface area (Å²) in [6, 6.07) is 19.8. The predicted molar refractivity (Wildman–Crippen MR) is 103 cm³/mol. The minimum absolute atomic E-state index is 0.0151. The van der Waals surface area contributed by atoms with Crippen LogP contribution in [0.15, 0.2) is 65.6 Å². The smallest absolute Gasteiger partial charge is 0.258 e. The minimum atomic E-state index is -0.243. The third-order valence-corrected chi connectivity index (χ3v) is 5.66. The Hall–Kier alpha value is -2.59. The van der Waals surface area contributed by atoms with E-state index in [0.717, 1.165) is 21.5 Å². The normalized spacial score (nSPS) is 11.6. The Labute approximate surface area is 142 Å². The maximum atomic E-state index is 11.9. The van der Waals surface area contributed by atoms with Crippen molar-refractivity contribution in [1.29, 1.82) is 0 Å². The van der Waals surface area contributed by atoms with Crippen LogP contribution in [0.25, 0.3) is 32.3 Å².